The lowest BCUT2D eigenvalue weighted by molar-refractivity contribution is 0.669. The molecule has 0 saturated carbocycles. The van der Waals surface area contributed by atoms with E-state index in [1.54, 1.807) is 0 Å². The third-order valence-electron chi connectivity index (χ3n) is 12.4. The van der Waals surface area contributed by atoms with Crippen molar-refractivity contribution in [2.75, 3.05) is 0 Å². The number of nitrogens with zero attached hydrogens (tertiary/aromatic N) is 5. The van der Waals surface area contributed by atoms with Crippen molar-refractivity contribution in [2.45, 2.75) is 0 Å². The second kappa shape index (κ2) is 13.5. The minimum atomic E-state index is 0.775. The van der Waals surface area contributed by atoms with Crippen LogP contribution in [0.4, 0.5) is 0 Å². The van der Waals surface area contributed by atoms with Gasteiger partial charge in [-0.1, -0.05) is 152 Å². The predicted octanol–water partition coefficient (Wildman–Crippen LogP) is 14.4. The normalized spacial score (nSPS) is 11.9. The van der Waals surface area contributed by atoms with E-state index in [9.17, 15) is 0 Å². The molecule has 0 bridgehead atoms. The monoisotopic (exact) mass is 793 g/mol. The molecule has 0 saturated heterocycles. The van der Waals surface area contributed by atoms with E-state index in [2.05, 4.69) is 190 Å². The van der Waals surface area contributed by atoms with Crippen LogP contribution >= 0.6 is 0 Å². The van der Waals surface area contributed by atoms with Gasteiger partial charge in [0.1, 0.15) is 11.2 Å². The van der Waals surface area contributed by atoms with Crippen LogP contribution in [0.25, 0.3) is 117 Å². The fourth-order valence-corrected chi connectivity index (χ4v) is 9.68. The number of fused-ring (bicyclic) bond motifs is 9. The molecule has 0 radical (unpaired) electrons. The summed E-state index contributed by atoms with van der Waals surface area (Å²) < 4.78 is 13.5. The number of para-hydroxylation sites is 6. The molecule has 0 fully saturated rings. The zero-order chi connectivity index (χ0) is 40.7. The summed E-state index contributed by atoms with van der Waals surface area (Å²) in [4.78, 5) is 0. The quantitative estimate of drug-likeness (QED) is 0.168. The average molecular weight is 794 g/mol. The number of rotatable bonds is 6. The molecule has 0 spiro atoms. The summed E-state index contributed by atoms with van der Waals surface area (Å²) in [5.41, 5.74) is 13.6. The number of benzene rings is 9. The molecule has 0 aliphatic carbocycles. The third-order valence-corrected chi connectivity index (χ3v) is 12.4. The van der Waals surface area contributed by atoms with Gasteiger partial charge < -0.3 is 13.6 Å². The Balaban J connectivity index is 1.05. The van der Waals surface area contributed by atoms with Crippen LogP contribution in [0.1, 0.15) is 0 Å². The molecule has 13 aromatic rings. The first-order valence-electron chi connectivity index (χ1n) is 20.9. The standard InChI is InChI=1S/C56H35N5O/c1-3-17-36(18-4-1)55-57-58-56(59(55)38-19-5-2-6-20-38)37-31-32-43-41-23-9-14-28-49(41)60(51(43)33-37)47-26-12-7-21-39(47)40-22-8-13-27-48(40)61-50-29-15-10-24-42(50)45-34-46-44-25-11-16-30-53(44)62-54(46)35-52(45)61/h1-35H. The van der Waals surface area contributed by atoms with Crippen molar-refractivity contribution in [3.63, 3.8) is 0 Å². The molecule has 0 aliphatic heterocycles. The van der Waals surface area contributed by atoms with E-state index in [0.29, 0.717) is 0 Å². The highest BCUT2D eigenvalue weighted by Gasteiger charge is 2.23. The van der Waals surface area contributed by atoms with Crippen LogP contribution in [-0.2, 0) is 0 Å². The Kier molecular flexibility index (Phi) is 7.50. The number of aromatic nitrogens is 5. The van der Waals surface area contributed by atoms with E-state index in [-0.39, 0.29) is 0 Å². The Morgan fingerprint density at radius 2 is 0.823 bits per heavy atom. The molecular weight excluding hydrogens is 759 g/mol. The van der Waals surface area contributed by atoms with Crippen molar-refractivity contribution in [3.8, 4) is 51.0 Å². The van der Waals surface area contributed by atoms with E-state index in [4.69, 9.17) is 14.6 Å². The number of hydrogen-bond donors (Lipinski definition) is 0. The maximum atomic E-state index is 6.48. The number of furan rings is 1. The van der Waals surface area contributed by atoms with E-state index < -0.39 is 0 Å². The van der Waals surface area contributed by atoms with Gasteiger partial charge in [0.05, 0.1) is 33.4 Å². The van der Waals surface area contributed by atoms with Crippen LogP contribution in [-0.4, -0.2) is 23.9 Å². The first-order chi connectivity index (χ1) is 30.8. The van der Waals surface area contributed by atoms with Gasteiger partial charge in [0.2, 0.25) is 0 Å². The average Bonchev–Trinajstić information content (AvgIpc) is 4.11. The molecule has 0 aliphatic rings. The van der Waals surface area contributed by atoms with Crippen molar-refractivity contribution in [3.05, 3.63) is 212 Å². The molecule has 9 aromatic carbocycles. The van der Waals surface area contributed by atoms with Crippen molar-refractivity contribution in [1.82, 2.24) is 23.9 Å². The molecule has 13 rings (SSSR count). The van der Waals surface area contributed by atoms with Gasteiger partial charge in [0, 0.05) is 66.3 Å². The fourth-order valence-electron chi connectivity index (χ4n) is 9.68. The van der Waals surface area contributed by atoms with Crippen LogP contribution in [0.5, 0.6) is 0 Å². The molecule has 0 amide bonds. The summed E-state index contributed by atoms with van der Waals surface area (Å²) >= 11 is 0. The Bertz CT molecular complexity index is 3870. The molecule has 0 atom stereocenters. The molecular formula is C56H35N5O. The van der Waals surface area contributed by atoms with Crippen molar-refractivity contribution in [2.24, 2.45) is 0 Å². The molecule has 290 valence electrons. The zero-order valence-electron chi connectivity index (χ0n) is 33.4. The largest absolute Gasteiger partial charge is 0.456 e. The summed E-state index contributed by atoms with van der Waals surface area (Å²) in [6, 6.07) is 75.2. The zero-order valence-corrected chi connectivity index (χ0v) is 33.4. The summed E-state index contributed by atoms with van der Waals surface area (Å²) in [6.45, 7) is 0. The van der Waals surface area contributed by atoms with Gasteiger partial charge in [0.25, 0.3) is 0 Å². The molecule has 4 aromatic heterocycles. The van der Waals surface area contributed by atoms with Gasteiger partial charge in [-0.25, -0.2) is 0 Å². The molecule has 6 nitrogen and oxygen atoms in total. The van der Waals surface area contributed by atoms with E-state index >= 15 is 0 Å². The summed E-state index contributed by atoms with van der Waals surface area (Å²) in [7, 11) is 0. The molecule has 0 unspecified atom stereocenters. The Labute approximate surface area is 355 Å². The Morgan fingerprint density at radius 3 is 1.52 bits per heavy atom. The minimum absolute atomic E-state index is 0.775. The van der Waals surface area contributed by atoms with Crippen molar-refractivity contribution >= 4 is 65.6 Å². The molecule has 6 heteroatoms. The smallest absolute Gasteiger partial charge is 0.168 e. The summed E-state index contributed by atoms with van der Waals surface area (Å²) in [6.07, 6.45) is 0. The highest BCUT2D eigenvalue weighted by atomic mass is 16.3. The second-order valence-corrected chi connectivity index (χ2v) is 15.8. The second-order valence-electron chi connectivity index (χ2n) is 15.8. The van der Waals surface area contributed by atoms with Crippen LogP contribution in [0, 0.1) is 0 Å². The van der Waals surface area contributed by atoms with E-state index in [1.165, 1.54) is 21.5 Å². The van der Waals surface area contributed by atoms with Gasteiger partial charge in [-0.05, 0) is 54.6 Å². The van der Waals surface area contributed by atoms with Crippen LogP contribution < -0.4 is 0 Å². The van der Waals surface area contributed by atoms with Gasteiger partial charge in [0.15, 0.2) is 11.6 Å². The number of hydrogen-bond acceptors (Lipinski definition) is 3. The maximum Gasteiger partial charge on any atom is 0.168 e. The van der Waals surface area contributed by atoms with Crippen LogP contribution in [0.15, 0.2) is 217 Å². The van der Waals surface area contributed by atoms with Gasteiger partial charge in [-0.2, -0.15) is 0 Å². The minimum Gasteiger partial charge on any atom is -0.456 e. The van der Waals surface area contributed by atoms with Gasteiger partial charge >= 0.3 is 0 Å². The first kappa shape index (κ1) is 34.4. The highest BCUT2D eigenvalue weighted by molar-refractivity contribution is 6.18. The van der Waals surface area contributed by atoms with Gasteiger partial charge in [-0.3, -0.25) is 4.57 Å². The van der Waals surface area contributed by atoms with E-state index in [0.717, 1.165) is 95.0 Å². The van der Waals surface area contributed by atoms with Crippen LogP contribution in [0.3, 0.4) is 0 Å². The van der Waals surface area contributed by atoms with Crippen LogP contribution in [0.2, 0.25) is 0 Å². The Hall–Kier alpha value is -8.48. The SMILES string of the molecule is c1ccc(-c2nnc(-c3ccc4c5ccccc5n(-c5ccccc5-c5ccccc5-n5c6ccccc6c6cc7c(cc65)oc5ccccc57)c4c3)n2-c2ccccc2)cc1. The van der Waals surface area contributed by atoms with Crippen molar-refractivity contribution in [1.29, 1.82) is 0 Å². The highest BCUT2D eigenvalue weighted by Crippen LogP contribution is 2.43. The molecule has 0 N–H and O–H groups in total. The topological polar surface area (TPSA) is 53.7 Å². The van der Waals surface area contributed by atoms with Gasteiger partial charge in [-0.15, -0.1) is 10.2 Å². The lowest BCUT2D eigenvalue weighted by atomic mass is 10.0. The maximum absolute atomic E-state index is 6.48. The predicted molar refractivity (Wildman–Crippen MR) is 254 cm³/mol. The lowest BCUT2D eigenvalue weighted by Gasteiger charge is -2.18. The first-order valence-corrected chi connectivity index (χ1v) is 20.9. The molecule has 62 heavy (non-hydrogen) atoms. The lowest BCUT2D eigenvalue weighted by Crippen LogP contribution is -2.02. The van der Waals surface area contributed by atoms with Crippen molar-refractivity contribution < 1.29 is 4.42 Å². The summed E-state index contributed by atoms with van der Waals surface area (Å²) in [5, 5.41) is 16.7. The Morgan fingerprint density at radius 1 is 0.306 bits per heavy atom. The third kappa shape index (κ3) is 5.10. The fraction of sp³-hybridized carbons (Fsp3) is 0. The summed E-state index contributed by atoms with van der Waals surface area (Å²) in [5.74, 6) is 1.57. The van der Waals surface area contributed by atoms with E-state index in [1.807, 2.05) is 36.4 Å². The molecule has 4 heterocycles.